The molecule has 0 aromatic heterocycles. The fourth-order valence-corrected chi connectivity index (χ4v) is 3.71. The van der Waals surface area contributed by atoms with Crippen LogP contribution in [0.4, 0.5) is 0 Å². The first-order chi connectivity index (χ1) is 10.7. The predicted molar refractivity (Wildman–Crippen MR) is 101 cm³/mol. The first-order valence-electron chi connectivity index (χ1n) is 9.18. The molecular weight excluding hydrogens is 320 g/mol. The summed E-state index contributed by atoms with van der Waals surface area (Å²) in [6.07, 6.45) is 0.147. The summed E-state index contributed by atoms with van der Waals surface area (Å²) in [6.45, 7) is 21.5. The van der Waals surface area contributed by atoms with Gasteiger partial charge >= 0.3 is 0 Å². The molecule has 1 saturated heterocycles. The number of hydrogen-bond donors (Lipinski definition) is 0. The normalized spacial score (nSPS) is 26.0. The Bertz CT molecular complexity index is 437. The van der Waals surface area contributed by atoms with E-state index in [1.807, 2.05) is 20.8 Å². The maximum absolute atomic E-state index is 12.5. The van der Waals surface area contributed by atoms with E-state index < -0.39 is 14.1 Å². The van der Waals surface area contributed by atoms with Crippen molar-refractivity contribution in [2.45, 2.75) is 97.9 Å². The van der Waals surface area contributed by atoms with Crippen LogP contribution >= 0.6 is 0 Å². The van der Waals surface area contributed by atoms with E-state index in [-0.39, 0.29) is 28.9 Å². The zero-order valence-corrected chi connectivity index (χ0v) is 18.4. The van der Waals surface area contributed by atoms with Crippen LogP contribution in [0.2, 0.25) is 18.1 Å². The Morgan fingerprint density at radius 2 is 1.71 bits per heavy atom. The third-order valence-electron chi connectivity index (χ3n) is 5.25. The van der Waals surface area contributed by atoms with E-state index in [4.69, 9.17) is 13.9 Å². The molecule has 0 aromatic rings. The topological polar surface area (TPSA) is 44.8 Å². The molecule has 1 aliphatic rings. The molecule has 0 bridgehead atoms. The fourth-order valence-electron chi connectivity index (χ4n) is 2.69. The van der Waals surface area contributed by atoms with Gasteiger partial charge in [-0.15, -0.1) is 0 Å². The molecule has 24 heavy (non-hydrogen) atoms. The summed E-state index contributed by atoms with van der Waals surface area (Å²) < 4.78 is 18.5. The summed E-state index contributed by atoms with van der Waals surface area (Å²) in [6, 6.07) is 0. The molecule has 4 nitrogen and oxygen atoms in total. The number of carbonyl (C=O) groups is 1. The summed E-state index contributed by atoms with van der Waals surface area (Å²) in [5, 5.41) is 0.149. The van der Waals surface area contributed by atoms with Gasteiger partial charge in [0, 0.05) is 12.3 Å². The van der Waals surface area contributed by atoms with Crippen LogP contribution in [0.3, 0.4) is 0 Å². The van der Waals surface area contributed by atoms with Crippen LogP contribution in [0, 0.1) is 11.8 Å². The van der Waals surface area contributed by atoms with Crippen molar-refractivity contribution in [2.75, 3.05) is 6.61 Å². The molecule has 1 heterocycles. The molecule has 0 aliphatic carbocycles. The van der Waals surface area contributed by atoms with Crippen molar-refractivity contribution in [1.82, 2.24) is 0 Å². The third-order valence-corrected chi connectivity index (χ3v) is 9.75. The van der Waals surface area contributed by atoms with Gasteiger partial charge in [-0.25, -0.2) is 0 Å². The molecule has 5 heteroatoms. The number of rotatable bonds is 7. The zero-order valence-electron chi connectivity index (χ0n) is 17.4. The van der Waals surface area contributed by atoms with Gasteiger partial charge in [-0.05, 0) is 37.9 Å². The predicted octanol–water partition coefficient (Wildman–Crippen LogP) is 4.78. The second kappa shape index (κ2) is 7.56. The largest absolute Gasteiger partial charge is 0.414 e. The van der Waals surface area contributed by atoms with Gasteiger partial charge in [0.1, 0.15) is 11.9 Å². The Hall–Kier alpha value is -0.233. The quantitative estimate of drug-likeness (QED) is 0.614. The second-order valence-electron chi connectivity index (χ2n) is 9.56. The molecule has 1 fully saturated rings. The van der Waals surface area contributed by atoms with Gasteiger partial charge in [0.15, 0.2) is 14.1 Å². The van der Waals surface area contributed by atoms with Crippen molar-refractivity contribution < 1.29 is 18.7 Å². The monoisotopic (exact) mass is 358 g/mol. The van der Waals surface area contributed by atoms with Gasteiger partial charge in [0.05, 0.1) is 12.7 Å². The number of Topliss-reactive ketones (excluding diaryl/α,β-unsaturated/α-hetero) is 1. The Balaban J connectivity index is 2.81. The van der Waals surface area contributed by atoms with E-state index in [0.29, 0.717) is 18.9 Å². The van der Waals surface area contributed by atoms with Crippen molar-refractivity contribution in [3.63, 3.8) is 0 Å². The molecule has 0 N–H and O–H groups in total. The van der Waals surface area contributed by atoms with Gasteiger partial charge in [-0.1, -0.05) is 41.5 Å². The molecule has 0 saturated carbocycles. The van der Waals surface area contributed by atoms with Crippen molar-refractivity contribution in [1.29, 1.82) is 0 Å². The van der Waals surface area contributed by atoms with Crippen molar-refractivity contribution in [3.8, 4) is 0 Å². The minimum Gasteiger partial charge on any atom is -0.414 e. The van der Waals surface area contributed by atoms with Gasteiger partial charge < -0.3 is 13.9 Å². The van der Waals surface area contributed by atoms with Crippen LogP contribution in [0.1, 0.15) is 61.8 Å². The van der Waals surface area contributed by atoms with Crippen molar-refractivity contribution >= 4 is 14.1 Å². The molecule has 0 aromatic carbocycles. The van der Waals surface area contributed by atoms with E-state index in [1.165, 1.54) is 0 Å². The molecule has 1 aliphatic heterocycles. The molecule has 0 amide bonds. The smallest absolute Gasteiger partial charge is 0.192 e. The van der Waals surface area contributed by atoms with Crippen LogP contribution in [-0.2, 0) is 18.7 Å². The number of carbonyl (C=O) groups excluding carboxylic acids is 1. The Labute approximate surface area is 149 Å². The van der Waals surface area contributed by atoms with Crippen LogP contribution in [-0.4, -0.2) is 38.7 Å². The maximum Gasteiger partial charge on any atom is 0.192 e. The summed E-state index contributed by atoms with van der Waals surface area (Å²) in [4.78, 5) is 12.5. The molecule has 0 unspecified atom stereocenters. The van der Waals surface area contributed by atoms with E-state index in [1.54, 1.807) is 0 Å². The molecule has 1 rings (SSSR count). The second-order valence-corrected chi connectivity index (χ2v) is 14.4. The molecule has 0 spiro atoms. The summed E-state index contributed by atoms with van der Waals surface area (Å²) in [5.41, 5.74) is 0. The maximum atomic E-state index is 12.5. The van der Waals surface area contributed by atoms with Crippen LogP contribution < -0.4 is 0 Å². The molecule has 142 valence electrons. The summed E-state index contributed by atoms with van der Waals surface area (Å²) in [7, 11) is -1.86. The van der Waals surface area contributed by atoms with Crippen molar-refractivity contribution in [2.24, 2.45) is 11.8 Å². The standard InChI is InChI=1S/C19H38O4Si/c1-13(2)11-15(20)14(3)17-16(22-19(7,8)23-17)12-21-24(9,10)18(4,5)6/h13-14,16-17H,11-12H2,1-10H3/t14-,16-,17+/m0/s1. The Morgan fingerprint density at radius 3 is 2.17 bits per heavy atom. The van der Waals surface area contributed by atoms with Crippen LogP contribution in [0.25, 0.3) is 0 Å². The summed E-state index contributed by atoms with van der Waals surface area (Å²) >= 11 is 0. The van der Waals surface area contributed by atoms with E-state index in [0.717, 1.165) is 0 Å². The average Bonchev–Trinajstić information content (AvgIpc) is 2.68. The van der Waals surface area contributed by atoms with Crippen LogP contribution in [0.5, 0.6) is 0 Å². The van der Waals surface area contributed by atoms with Crippen LogP contribution in [0.15, 0.2) is 0 Å². The zero-order chi connectivity index (χ0) is 18.9. The van der Waals surface area contributed by atoms with Gasteiger partial charge in [0.2, 0.25) is 0 Å². The first kappa shape index (κ1) is 21.8. The average molecular weight is 359 g/mol. The minimum atomic E-state index is -1.86. The molecule has 3 atom stereocenters. The molecule has 0 radical (unpaired) electrons. The molecular formula is C19H38O4Si. The highest BCUT2D eigenvalue weighted by molar-refractivity contribution is 6.74. The highest BCUT2D eigenvalue weighted by Crippen LogP contribution is 2.38. The highest BCUT2D eigenvalue weighted by Gasteiger charge is 2.47. The Kier molecular flexibility index (Phi) is 6.87. The number of ether oxygens (including phenoxy) is 2. The number of hydrogen-bond acceptors (Lipinski definition) is 4. The van der Waals surface area contributed by atoms with E-state index in [9.17, 15) is 4.79 Å². The Morgan fingerprint density at radius 1 is 1.17 bits per heavy atom. The fraction of sp³-hybridized carbons (Fsp3) is 0.947. The van der Waals surface area contributed by atoms with E-state index >= 15 is 0 Å². The van der Waals surface area contributed by atoms with Gasteiger partial charge in [-0.3, -0.25) is 4.79 Å². The SMILES string of the molecule is CC(C)CC(=O)[C@H](C)[C@H]1OC(C)(C)O[C@H]1CO[Si](C)(C)C(C)(C)C. The van der Waals surface area contributed by atoms with Gasteiger partial charge in [-0.2, -0.15) is 0 Å². The first-order valence-corrected chi connectivity index (χ1v) is 12.1. The number of ketones is 1. The lowest BCUT2D eigenvalue weighted by molar-refractivity contribution is -0.154. The summed E-state index contributed by atoms with van der Waals surface area (Å²) in [5.74, 6) is -0.244. The lowest BCUT2D eigenvalue weighted by Crippen LogP contribution is -2.45. The van der Waals surface area contributed by atoms with E-state index in [2.05, 4.69) is 47.7 Å². The van der Waals surface area contributed by atoms with Gasteiger partial charge in [0.25, 0.3) is 0 Å². The lowest BCUT2D eigenvalue weighted by Gasteiger charge is -2.37. The highest BCUT2D eigenvalue weighted by atomic mass is 28.4. The lowest BCUT2D eigenvalue weighted by atomic mass is 9.91. The minimum absolute atomic E-state index is 0.149. The third kappa shape index (κ3) is 5.65. The van der Waals surface area contributed by atoms with Crippen molar-refractivity contribution in [3.05, 3.63) is 0 Å².